The Hall–Kier alpha value is -0.0900. The summed E-state index contributed by atoms with van der Waals surface area (Å²) >= 11 is 9.53. The quantitative estimate of drug-likeness (QED) is 0.832. The van der Waals surface area contributed by atoms with Gasteiger partial charge in [0.2, 0.25) is 0 Å². The second-order valence-electron chi connectivity index (χ2n) is 5.53. The molecule has 0 heterocycles. The Bertz CT molecular complexity index is 436. The predicted molar refractivity (Wildman–Crippen MR) is 83.5 cm³/mol. The number of rotatable bonds is 6. The smallest absolute Gasteiger partial charge is 0.0816 e. The summed E-state index contributed by atoms with van der Waals surface area (Å²) in [7, 11) is 2.14. The topological polar surface area (TPSA) is 23.5 Å². The van der Waals surface area contributed by atoms with Crippen LogP contribution in [0.15, 0.2) is 22.7 Å². The molecule has 1 aromatic rings. The van der Waals surface area contributed by atoms with Crippen LogP contribution in [0.2, 0.25) is 5.02 Å². The molecule has 1 fully saturated rings. The molecule has 1 aliphatic carbocycles. The van der Waals surface area contributed by atoms with Crippen LogP contribution in [0.3, 0.4) is 0 Å². The summed E-state index contributed by atoms with van der Waals surface area (Å²) in [5, 5.41) is 10.9. The second-order valence-corrected chi connectivity index (χ2v) is 6.85. The van der Waals surface area contributed by atoms with E-state index >= 15 is 0 Å². The van der Waals surface area contributed by atoms with Crippen molar-refractivity contribution in [2.75, 3.05) is 13.6 Å². The number of hydrogen-bond acceptors (Lipinski definition) is 2. The molecule has 0 saturated heterocycles. The normalized spacial score (nSPS) is 18.6. The lowest BCUT2D eigenvalue weighted by atomic mass is 10.1. The van der Waals surface area contributed by atoms with Crippen LogP contribution in [0.4, 0.5) is 0 Å². The molecule has 0 aliphatic heterocycles. The molecule has 106 valence electrons. The lowest BCUT2D eigenvalue weighted by Crippen LogP contribution is -2.32. The van der Waals surface area contributed by atoms with Crippen molar-refractivity contribution in [2.45, 2.75) is 38.3 Å². The standard InChI is InChI=1S/C15H21BrClNO/c1-10(11-3-4-11)18(2)8-7-15(19)13-6-5-12(16)9-14(13)17/h5-6,9-11,15,19H,3-4,7-8H2,1-2H3. The summed E-state index contributed by atoms with van der Waals surface area (Å²) in [5.74, 6) is 0.860. The largest absolute Gasteiger partial charge is 0.388 e. The molecule has 0 bridgehead atoms. The van der Waals surface area contributed by atoms with Crippen molar-refractivity contribution in [1.82, 2.24) is 4.90 Å². The van der Waals surface area contributed by atoms with Gasteiger partial charge in [-0.3, -0.25) is 0 Å². The number of hydrogen-bond donors (Lipinski definition) is 1. The molecule has 0 amide bonds. The highest BCUT2D eigenvalue weighted by Gasteiger charge is 2.30. The average molecular weight is 347 g/mol. The van der Waals surface area contributed by atoms with Gasteiger partial charge in [0.25, 0.3) is 0 Å². The van der Waals surface area contributed by atoms with Gasteiger partial charge in [-0.1, -0.05) is 33.6 Å². The van der Waals surface area contributed by atoms with Gasteiger partial charge in [0.15, 0.2) is 0 Å². The zero-order valence-electron chi connectivity index (χ0n) is 11.4. The van der Waals surface area contributed by atoms with Crippen LogP contribution in [0.1, 0.15) is 37.9 Å². The molecule has 0 radical (unpaired) electrons. The Kier molecular flexibility index (Phi) is 5.29. The van der Waals surface area contributed by atoms with Crippen molar-refractivity contribution < 1.29 is 5.11 Å². The maximum absolute atomic E-state index is 10.3. The maximum atomic E-state index is 10.3. The number of benzene rings is 1. The molecule has 0 spiro atoms. The molecule has 1 saturated carbocycles. The number of aliphatic hydroxyl groups excluding tert-OH is 1. The van der Waals surface area contributed by atoms with E-state index in [9.17, 15) is 5.11 Å². The summed E-state index contributed by atoms with van der Waals surface area (Å²) in [5.41, 5.74) is 0.817. The van der Waals surface area contributed by atoms with E-state index < -0.39 is 6.10 Å². The zero-order valence-corrected chi connectivity index (χ0v) is 13.8. The molecule has 2 rings (SSSR count). The summed E-state index contributed by atoms with van der Waals surface area (Å²) < 4.78 is 0.938. The Morgan fingerprint density at radius 3 is 2.74 bits per heavy atom. The minimum absolute atomic E-state index is 0.491. The Morgan fingerprint density at radius 2 is 2.16 bits per heavy atom. The predicted octanol–water partition coefficient (Wildman–Crippen LogP) is 4.26. The minimum atomic E-state index is -0.491. The Labute approximate surface area is 128 Å². The summed E-state index contributed by atoms with van der Waals surface area (Å²) in [6.07, 6.45) is 2.93. The van der Waals surface area contributed by atoms with Crippen LogP contribution in [-0.4, -0.2) is 29.6 Å². The van der Waals surface area contributed by atoms with Crippen molar-refractivity contribution in [3.63, 3.8) is 0 Å². The van der Waals surface area contributed by atoms with Crippen molar-refractivity contribution in [2.24, 2.45) is 5.92 Å². The number of nitrogens with zero attached hydrogens (tertiary/aromatic N) is 1. The highest BCUT2D eigenvalue weighted by molar-refractivity contribution is 9.10. The number of aliphatic hydroxyl groups is 1. The molecular formula is C15H21BrClNO. The van der Waals surface area contributed by atoms with Gasteiger partial charge in [-0.2, -0.15) is 0 Å². The van der Waals surface area contributed by atoms with Gasteiger partial charge in [-0.15, -0.1) is 0 Å². The summed E-state index contributed by atoms with van der Waals surface area (Å²) in [6.45, 7) is 3.17. The molecule has 2 atom stereocenters. The fourth-order valence-corrected chi connectivity index (χ4v) is 3.19. The highest BCUT2D eigenvalue weighted by Crippen LogP contribution is 2.35. The van der Waals surface area contributed by atoms with E-state index in [-0.39, 0.29) is 0 Å². The van der Waals surface area contributed by atoms with Gasteiger partial charge in [-0.25, -0.2) is 0 Å². The molecule has 0 aromatic heterocycles. The Morgan fingerprint density at radius 1 is 1.47 bits per heavy atom. The first kappa shape index (κ1) is 15.3. The fraction of sp³-hybridized carbons (Fsp3) is 0.600. The number of halogens is 2. The van der Waals surface area contributed by atoms with Crippen molar-refractivity contribution >= 4 is 27.5 Å². The van der Waals surface area contributed by atoms with Crippen molar-refractivity contribution in [1.29, 1.82) is 0 Å². The molecular weight excluding hydrogens is 326 g/mol. The highest BCUT2D eigenvalue weighted by atomic mass is 79.9. The average Bonchev–Trinajstić information content (AvgIpc) is 3.18. The fourth-order valence-electron chi connectivity index (χ4n) is 2.40. The maximum Gasteiger partial charge on any atom is 0.0816 e. The summed E-state index contributed by atoms with van der Waals surface area (Å²) in [4.78, 5) is 2.34. The van der Waals surface area contributed by atoms with Crippen LogP contribution in [-0.2, 0) is 0 Å². The van der Waals surface area contributed by atoms with Crippen LogP contribution in [0, 0.1) is 5.92 Å². The lowest BCUT2D eigenvalue weighted by Gasteiger charge is -2.25. The van der Waals surface area contributed by atoms with Crippen LogP contribution in [0.5, 0.6) is 0 Å². The van der Waals surface area contributed by atoms with E-state index in [1.807, 2.05) is 18.2 Å². The van der Waals surface area contributed by atoms with E-state index in [2.05, 4.69) is 34.8 Å². The molecule has 2 unspecified atom stereocenters. The third kappa shape index (κ3) is 4.19. The molecule has 2 nitrogen and oxygen atoms in total. The van der Waals surface area contributed by atoms with E-state index in [0.717, 1.165) is 28.9 Å². The molecule has 1 N–H and O–H groups in total. The van der Waals surface area contributed by atoms with Gasteiger partial charge < -0.3 is 10.0 Å². The van der Waals surface area contributed by atoms with E-state index in [4.69, 9.17) is 11.6 Å². The Balaban J connectivity index is 1.87. The zero-order chi connectivity index (χ0) is 14.0. The third-order valence-electron chi connectivity index (χ3n) is 4.08. The molecule has 1 aromatic carbocycles. The molecule has 4 heteroatoms. The van der Waals surface area contributed by atoms with Gasteiger partial charge in [-0.05, 0) is 56.8 Å². The van der Waals surface area contributed by atoms with E-state index in [0.29, 0.717) is 11.1 Å². The first-order valence-corrected chi connectivity index (χ1v) is 7.99. The van der Waals surface area contributed by atoms with Crippen LogP contribution < -0.4 is 0 Å². The van der Waals surface area contributed by atoms with Crippen molar-refractivity contribution in [3.05, 3.63) is 33.3 Å². The van der Waals surface area contributed by atoms with Gasteiger partial charge in [0, 0.05) is 22.1 Å². The first-order valence-electron chi connectivity index (χ1n) is 6.82. The summed E-state index contributed by atoms with van der Waals surface area (Å²) in [6, 6.07) is 6.26. The minimum Gasteiger partial charge on any atom is -0.388 e. The van der Waals surface area contributed by atoms with Gasteiger partial charge in [0.05, 0.1) is 6.10 Å². The van der Waals surface area contributed by atoms with Crippen LogP contribution >= 0.6 is 27.5 Å². The lowest BCUT2D eigenvalue weighted by molar-refractivity contribution is 0.135. The first-order chi connectivity index (χ1) is 8.99. The molecule has 19 heavy (non-hydrogen) atoms. The SMILES string of the molecule is CC(C1CC1)N(C)CCC(O)c1ccc(Br)cc1Cl. The van der Waals surface area contributed by atoms with Gasteiger partial charge >= 0.3 is 0 Å². The van der Waals surface area contributed by atoms with Crippen LogP contribution in [0.25, 0.3) is 0 Å². The third-order valence-corrected chi connectivity index (χ3v) is 4.90. The molecule has 1 aliphatic rings. The van der Waals surface area contributed by atoms with E-state index in [1.165, 1.54) is 12.8 Å². The van der Waals surface area contributed by atoms with E-state index in [1.54, 1.807) is 0 Å². The second kappa shape index (κ2) is 6.57. The van der Waals surface area contributed by atoms with Crippen molar-refractivity contribution in [3.8, 4) is 0 Å². The van der Waals surface area contributed by atoms with Gasteiger partial charge in [0.1, 0.15) is 0 Å². The monoisotopic (exact) mass is 345 g/mol.